The van der Waals surface area contributed by atoms with Gasteiger partial charge in [0.2, 0.25) is 11.8 Å². The number of hydrogen-bond acceptors (Lipinski definition) is 3. The van der Waals surface area contributed by atoms with Gasteiger partial charge in [-0.25, -0.2) is 0 Å². The maximum Gasteiger partial charge on any atom is 0.234 e. The number of aryl methyl sites for hydroxylation is 1. The van der Waals surface area contributed by atoms with Gasteiger partial charge in [-0.3, -0.25) is 9.59 Å². The third kappa shape index (κ3) is 6.56. The molecule has 2 rings (SSSR count). The molecular weight excluding hydrogens is 320 g/mol. The van der Waals surface area contributed by atoms with Crippen LogP contribution in [0.5, 0.6) is 0 Å². The summed E-state index contributed by atoms with van der Waals surface area (Å²) in [4.78, 5) is 24.1. The molecule has 0 bridgehead atoms. The highest BCUT2D eigenvalue weighted by Gasteiger charge is 2.18. The van der Waals surface area contributed by atoms with Crippen molar-refractivity contribution in [3.8, 4) is 0 Å². The van der Waals surface area contributed by atoms with Crippen molar-refractivity contribution < 1.29 is 9.59 Å². The first kappa shape index (κ1) is 18.8. The summed E-state index contributed by atoms with van der Waals surface area (Å²) in [6, 6.07) is 7.70. The first-order valence-corrected chi connectivity index (χ1v) is 9.85. The second-order valence-electron chi connectivity index (χ2n) is 6.62. The van der Waals surface area contributed by atoms with Crippen molar-refractivity contribution in [3.05, 3.63) is 29.8 Å². The fourth-order valence-corrected chi connectivity index (χ4v) is 3.60. The maximum absolute atomic E-state index is 12.1. The Morgan fingerprint density at radius 1 is 1.17 bits per heavy atom. The minimum Gasteiger partial charge on any atom is -0.355 e. The van der Waals surface area contributed by atoms with Crippen LogP contribution in [0, 0.1) is 12.8 Å². The van der Waals surface area contributed by atoms with Gasteiger partial charge in [-0.2, -0.15) is 0 Å². The number of carbonyl (C=O) groups excluding carboxylic acids is 2. The first-order chi connectivity index (χ1) is 11.5. The number of amides is 2. The van der Waals surface area contributed by atoms with Crippen LogP contribution in [0.25, 0.3) is 0 Å². The fraction of sp³-hybridized carbons (Fsp3) is 0.579. The Labute approximate surface area is 149 Å². The van der Waals surface area contributed by atoms with Crippen LogP contribution in [0.1, 0.15) is 44.6 Å². The van der Waals surface area contributed by atoms with E-state index < -0.39 is 0 Å². The molecule has 1 atom stereocenters. The Bertz CT molecular complexity index is 539. The van der Waals surface area contributed by atoms with Crippen LogP contribution in [0.4, 0.5) is 5.69 Å². The highest BCUT2D eigenvalue weighted by molar-refractivity contribution is 8.01. The summed E-state index contributed by atoms with van der Waals surface area (Å²) in [7, 11) is 0. The Hall–Kier alpha value is -1.49. The average molecular weight is 349 g/mol. The Balaban J connectivity index is 1.65. The number of rotatable bonds is 7. The van der Waals surface area contributed by atoms with Gasteiger partial charge in [0.15, 0.2) is 0 Å². The van der Waals surface area contributed by atoms with Gasteiger partial charge in [0, 0.05) is 12.2 Å². The zero-order valence-electron chi connectivity index (χ0n) is 14.6. The highest BCUT2D eigenvalue weighted by Crippen LogP contribution is 2.23. The maximum atomic E-state index is 12.1. The van der Waals surface area contributed by atoms with E-state index in [1.165, 1.54) is 43.9 Å². The number of thioether (sulfide) groups is 1. The Morgan fingerprint density at radius 3 is 2.50 bits per heavy atom. The van der Waals surface area contributed by atoms with Gasteiger partial charge in [-0.05, 0) is 44.7 Å². The van der Waals surface area contributed by atoms with Gasteiger partial charge in [0.05, 0.1) is 11.0 Å². The summed E-state index contributed by atoms with van der Waals surface area (Å²) in [6.45, 7) is 4.65. The first-order valence-electron chi connectivity index (χ1n) is 8.80. The molecule has 0 heterocycles. The summed E-state index contributed by atoms with van der Waals surface area (Å²) in [6.07, 6.45) is 6.34. The van der Waals surface area contributed by atoms with Crippen molar-refractivity contribution in [2.24, 2.45) is 5.92 Å². The van der Waals surface area contributed by atoms with E-state index in [4.69, 9.17) is 0 Å². The van der Waals surface area contributed by atoms with E-state index in [9.17, 15) is 9.59 Å². The second-order valence-corrected chi connectivity index (χ2v) is 7.95. The van der Waals surface area contributed by atoms with Gasteiger partial charge < -0.3 is 10.6 Å². The largest absolute Gasteiger partial charge is 0.355 e. The van der Waals surface area contributed by atoms with Crippen LogP contribution in [-0.4, -0.2) is 29.4 Å². The third-order valence-corrected chi connectivity index (χ3v) is 5.60. The summed E-state index contributed by atoms with van der Waals surface area (Å²) in [5.41, 5.74) is 1.95. The van der Waals surface area contributed by atoms with Crippen molar-refractivity contribution in [1.82, 2.24) is 5.32 Å². The lowest BCUT2D eigenvalue weighted by atomic mass is 9.89. The second kappa shape index (κ2) is 9.72. The molecule has 5 heteroatoms. The van der Waals surface area contributed by atoms with Crippen molar-refractivity contribution in [1.29, 1.82) is 0 Å². The third-order valence-electron chi connectivity index (χ3n) is 4.46. The smallest absolute Gasteiger partial charge is 0.234 e. The van der Waals surface area contributed by atoms with Crippen LogP contribution < -0.4 is 10.6 Å². The van der Waals surface area contributed by atoms with Gasteiger partial charge in [0.25, 0.3) is 0 Å². The molecular formula is C19H28N2O2S. The van der Waals surface area contributed by atoms with E-state index >= 15 is 0 Å². The SMILES string of the molecule is Cc1ccc(NC(=O)CSC(C)C(=O)NCC2CCCCC2)cc1. The van der Waals surface area contributed by atoms with E-state index in [-0.39, 0.29) is 22.8 Å². The van der Waals surface area contributed by atoms with Crippen molar-refractivity contribution in [3.63, 3.8) is 0 Å². The van der Waals surface area contributed by atoms with E-state index in [2.05, 4.69) is 10.6 Å². The molecule has 132 valence electrons. The summed E-state index contributed by atoms with van der Waals surface area (Å²) < 4.78 is 0. The summed E-state index contributed by atoms with van der Waals surface area (Å²) in [5.74, 6) is 0.876. The van der Waals surface area contributed by atoms with Crippen molar-refractivity contribution in [2.75, 3.05) is 17.6 Å². The molecule has 24 heavy (non-hydrogen) atoms. The topological polar surface area (TPSA) is 58.2 Å². The van der Waals surface area contributed by atoms with Crippen LogP contribution >= 0.6 is 11.8 Å². The van der Waals surface area contributed by atoms with E-state index in [1.807, 2.05) is 38.1 Å². The fourth-order valence-electron chi connectivity index (χ4n) is 2.89. The normalized spacial score (nSPS) is 16.4. The van der Waals surface area contributed by atoms with Crippen LogP contribution in [0.3, 0.4) is 0 Å². The zero-order chi connectivity index (χ0) is 17.4. The zero-order valence-corrected chi connectivity index (χ0v) is 15.5. The predicted octanol–water partition coefficient (Wildman–Crippen LogP) is 3.75. The van der Waals surface area contributed by atoms with E-state index in [0.717, 1.165) is 17.8 Å². The molecule has 0 spiro atoms. The minimum atomic E-state index is -0.211. The molecule has 1 aromatic carbocycles. The van der Waals surface area contributed by atoms with Crippen LogP contribution in [0.15, 0.2) is 24.3 Å². The van der Waals surface area contributed by atoms with Gasteiger partial charge in [-0.15, -0.1) is 11.8 Å². The van der Waals surface area contributed by atoms with Crippen LogP contribution in [-0.2, 0) is 9.59 Å². The number of carbonyl (C=O) groups is 2. The lowest BCUT2D eigenvalue weighted by Crippen LogP contribution is -2.35. The Morgan fingerprint density at radius 2 is 1.83 bits per heavy atom. The molecule has 1 aromatic rings. The minimum absolute atomic E-state index is 0.0358. The molecule has 1 aliphatic rings. The van der Waals surface area contributed by atoms with Crippen molar-refractivity contribution >= 4 is 29.3 Å². The quantitative estimate of drug-likeness (QED) is 0.789. The molecule has 0 radical (unpaired) electrons. The number of anilines is 1. The standard InChI is InChI=1S/C19H28N2O2S/c1-14-8-10-17(11-9-14)21-18(22)13-24-15(2)19(23)20-12-16-6-4-3-5-7-16/h8-11,15-16H,3-7,12-13H2,1-2H3,(H,20,23)(H,21,22). The highest BCUT2D eigenvalue weighted by atomic mass is 32.2. The number of nitrogens with one attached hydrogen (secondary N) is 2. The Kier molecular flexibility index (Phi) is 7.63. The lowest BCUT2D eigenvalue weighted by molar-refractivity contribution is -0.120. The number of hydrogen-bond donors (Lipinski definition) is 2. The number of benzene rings is 1. The van der Waals surface area contributed by atoms with Gasteiger partial charge in [0.1, 0.15) is 0 Å². The van der Waals surface area contributed by atoms with Crippen molar-refractivity contribution in [2.45, 2.75) is 51.2 Å². The van der Waals surface area contributed by atoms with Gasteiger partial charge in [-0.1, -0.05) is 37.0 Å². The van der Waals surface area contributed by atoms with Gasteiger partial charge >= 0.3 is 0 Å². The lowest BCUT2D eigenvalue weighted by Gasteiger charge is -2.22. The summed E-state index contributed by atoms with van der Waals surface area (Å²) in [5, 5.41) is 5.69. The molecule has 1 aliphatic carbocycles. The predicted molar refractivity (Wildman–Crippen MR) is 101 cm³/mol. The molecule has 2 amide bonds. The average Bonchev–Trinajstić information content (AvgIpc) is 2.60. The molecule has 1 saturated carbocycles. The van der Waals surface area contributed by atoms with Crippen LogP contribution in [0.2, 0.25) is 0 Å². The molecule has 4 nitrogen and oxygen atoms in total. The molecule has 0 aliphatic heterocycles. The summed E-state index contributed by atoms with van der Waals surface area (Å²) >= 11 is 1.38. The molecule has 1 fully saturated rings. The molecule has 1 unspecified atom stereocenters. The molecule has 0 aromatic heterocycles. The monoisotopic (exact) mass is 348 g/mol. The molecule has 2 N–H and O–H groups in total. The van der Waals surface area contributed by atoms with E-state index in [0.29, 0.717) is 5.92 Å². The molecule has 0 saturated heterocycles. The van der Waals surface area contributed by atoms with E-state index in [1.54, 1.807) is 0 Å².